The number of sulfonamides is 1. The molecule has 1 aromatic heterocycles. The highest BCUT2D eigenvalue weighted by atomic mass is 32.2. The number of primary amides is 1. The second-order valence-electron chi connectivity index (χ2n) is 6.94. The van der Waals surface area contributed by atoms with Crippen molar-refractivity contribution in [3.05, 3.63) is 22.4 Å². The van der Waals surface area contributed by atoms with Gasteiger partial charge in [0.15, 0.2) is 5.13 Å². The molecule has 2 amide bonds. The Morgan fingerprint density at radius 3 is 2.63 bits per heavy atom. The zero-order chi connectivity index (χ0) is 19.8. The molecule has 0 bridgehead atoms. The molecule has 9 nitrogen and oxygen atoms in total. The van der Waals surface area contributed by atoms with Gasteiger partial charge in [0, 0.05) is 37.7 Å². The number of thiazole rings is 1. The van der Waals surface area contributed by atoms with Crippen LogP contribution in [-0.2, 0) is 30.8 Å². The van der Waals surface area contributed by atoms with Crippen LogP contribution in [0, 0.1) is 0 Å². The number of ether oxygens (including phenoxy) is 1. The van der Waals surface area contributed by atoms with Gasteiger partial charge in [0.1, 0.15) is 11.4 Å². The van der Waals surface area contributed by atoms with Crippen LogP contribution in [0.5, 0.6) is 0 Å². The summed E-state index contributed by atoms with van der Waals surface area (Å²) in [6.45, 7) is 2.80. The molecular formula is C16H22N4O5S2. The summed E-state index contributed by atoms with van der Waals surface area (Å²) in [7, 11) is -3.39. The Hall–Kier alpha value is -2.14. The highest BCUT2D eigenvalue weighted by Crippen LogP contribution is 2.41. The zero-order valence-electron chi connectivity index (χ0n) is 15.1. The monoisotopic (exact) mass is 414 g/mol. The molecule has 3 rings (SSSR count). The highest BCUT2D eigenvalue weighted by Gasteiger charge is 2.44. The quantitative estimate of drug-likeness (QED) is 0.725. The topological polar surface area (TPSA) is 132 Å². The molecule has 1 fully saturated rings. The van der Waals surface area contributed by atoms with Gasteiger partial charge in [0.05, 0.1) is 23.9 Å². The molecule has 1 aromatic rings. The average molecular weight is 415 g/mol. The van der Waals surface area contributed by atoms with Crippen LogP contribution in [0.1, 0.15) is 31.9 Å². The van der Waals surface area contributed by atoms with E-state index in [4.69, 9.17) is 10.5 Å². The number of amides is 2. The number of allylic oxidation sites excluding steroid dienone is 1. The number of nitrogens with two attached hydrogens (primary N) is 1. The number of hydrogen-bond donors (Lipinski definition) is 2. The van der Waals surface area contributed by atoms with Gasteiger partial charge in [-0.15, -0.1) is 11.3 Å². The smallest absolute Gasteiger partial charge is 0.248 e. The lowest BCUT2D eigenvalue weighted by molar-refractivity contribution is -0.134. The number of rotatable bonds is 5. The van der Waals surface area contributed by atoms with Gasteiger partial charge in [-0.3, -0.25) is 14.3 Å². The first-order valence-corrected chi connectivity index (χ1v) is 11.2. The number of hydrogen-bond acceptors (Lipinski definition) is 7. The second-order valence-corrected chi connectivity index (χ2v) is 9.54. The molecule has 3 N–H and O–H groups in total. The normalized spacial score (nSPS) is 19.3. The van der Waals surface area contributed by atoms with Crippen molar-refractivity contribution in [1.29, 1.82) is 0 Å². The second kappa shape index (κ2) is 7.12. The zero-order valence-corrected chi connectivity index (χ0v) is 16.8. The Bertz CT molecular complexity index is 898. The van der Waals surface area contributed by atoms with E-state index in [0.717, 1.165) is 17.6 Å². The van der Waals surface area contributed by atoms with Crippen LogP contribution in [0.4, 0.5) is 5.13 Å². The fourth-order valence-electron chi connectivity index (χ4n) is 3.43. The number of nitrogens with one attached hydrogen (secondary N) is 1. The van der Waals surface area contributed by atoms with Crippen molar-refractivity contribution >= 4 is 38.3 Å². The van der Waals surface area contributed by atoms with Crippen molar-refractivity contribution in [2.75, 3.05) is 24.1 Å². The molecule has 27 heavy (non-hydrogen) atoms. The number of piperidine rings is 1. The Kier molecular flexibility index (Phi) is 5.17. The molecule has 0 atom stereocenters. The third-order valence-electron chi connectivity index (χ3n) is 4.78. The predicted molar refractivity (Wildman–Crippen MR) is 100 cm³/mol. The first-order valence-electron chi connectivity index (χ1n) is 8.45. The van der Waals surface area contributed by atoms with Crippen LogP contribution in [0.2, 0.25) is 0 Å². The molecule has 11 heteroatoms. The lowest BCUT2D eigenvalue weighted by Crippen LogP contribution is -2.47. The van der Waals surface area contributed by atoms with E-state index < -0.39 is 21.5 Å². The van der Waals surface area contributed by atoms with E-state index in [1.165, 1.54) is 0 Å². The summed E-state index contributed by atoms with van der Waals surface area (Å²) in [6.07, 6.45) is 2.91. The lowest BCUT2D eigenvalue weighted by Gasteiger charge is -2.39. The Morgan fingerprint density at radius 1 is 1.41 bits per heavy atom. The molecule has 0 aliphatic carbocycles. The molecule has 1 spiro atoms. The summed E-state index contributed by atoms with van der Waals surface area (Å²) in [4.78, 5) is 29.9. The molecule has 0 unspecified atom stereocenters. The maximum atomic E-state index is 12.5. The number of likely N-dealkylation sites (tertiary alicyclic amines) is 1. The van der Waals surface area contributed by atoms with Gasteiger partial charge in [-0.2, -0.15) is 0 Å². The van der Waals surface area contributed by atoms with E-state index in [9.17, 15) is 18.0 Å². The molecule has 2 aliphatic heterocycles. The number of carbonyl (C=O) groups excluding carboxylic acids is 2. The van der Waals surface area contributed by atoms with Crippen molar-refractivity contribution in [3.63, 3.8) is 0 Å². The van der Waals surface area contributed by atoms with Crippen LogP contribution < -0.4 is 10.5 Å². The SMILES string of the molecule is CC1=C(C(N)=O)CC2(CCN(C(=O)Cc3csc(NS(C)(=O)=O)n3)CC2)O1. The summed E-state index contributed by atoms with van der Waals surface area (Å²) in [6, 6.07) is 0. The van der Waals surface area contributed by atoms with Crippen molar-refractivity contribution in [1.82, 2.24) is 9.88 Å². The van der Waals surface area contributed by atoms with Crippen molar-refractivity contribution in [2.45, 2.75) is 38.2 Å². The van der Waals surface area contributed by atoms with E-state index in [-0.39, 0.29) is 17.5 Å². The largest absolute Gasteiger partial charge is 0.491 e. The number of nitrogens with zero attached hydrogens (tertiary/aromatic N) is 2. The van der Waals surface area contributed by atoms with Gasteiger partial charge < -0.3 is 15.4 Å². The van der Waals surface area contributed by atoms with Gasteiger partial charge in [-0.25, -0.2) is 13.4 Å². The maximum absolute atomic E-state index is 12.5. The summed E-state index contributed by atoms with van der Waals surface area (Å²) in [5.74, 6) is 0.0550. The fraction of sp³-hybridized carbons (Fsp3) is 0.562. The number of carbonyl (C=O) groups is 2. The van der Waals surface area contributed by atoms with E-state index in [0.29, 0.717) is 49.4 Å². The molecule has 0 aromatic carbocycles. The van der Waals surface area contributed by atoms with Crippen LogP contribution in [0.15, 0.2) is 16.7 Å². The third kappa shape index (κ3) is 4.59. The van der Waals surface area contributed by atoms with Crippen LogP contribution in [0.25, 0.3) is 0 Å². The van der Waals surface area contributed by atoms with Crippen LogP contribution in [-0.4, -0.2) is 55.1 Å². The lowest BCUT2D eigenvalue weighted by atomic mass is 9.86. The van der Waals surface area contributed by atoms with Gasteiger partial charge in [0.2, 0.25) is 21.8 Å². The van der Waals surface area contributed by atoms with Crippen molar-refractivity contribution in [3.8, 4) is 0 Å². The molecule has 0 radical (unpaired) electrons. The van der Waals surface area contributed by atoms with Crippen LogP contribution in [0.3, 0.4) is 0 Å². The minimum atomic E-state index is -3.39. The van der Waals surface area contributed by atoms with Crippen molar-refractivity contribution < 1.29 is 22.7 Å². The Morgan fingerprint density at radius 2 is 2.07 bits per heavy atom. The van der Waals surface area contributed by atoms with Gasteiger partial charge in [-0.1, -0.05) is 0 Å². The summed E-state index contributed by atoms with van der Waals surface area (Å²) in [5.41, 5.74) is 6.00. The minimum Gasteiger partial charge on any atom is -0.491 e. The summed E-state index contributed by atoms with van der Waals surface area (Å²) < 4.78 is 30.7. The molecular weight excluding hydrogens is 392 g/mol. The molecule has 148 valence electrons. The van der Waals surface area contributed by atoms with E-state index >= 15 is 0 Å². The van der Waals surface area contributed by atoms with E-state index in [1.54, 1.807) is 17.2 Å². The first-order chi connectivity index (χ1) is 12.6. The average Bonchev–Trinajstić information content (AvgIpc) is 3.11. The molecule has 0 saturated carbocycles. The highest BCUT2D eigenvalue weighted by molar-refractivity contribution is 7.92. The van der Waals surface area contributed by atoms with Gasteiger partial charge >= 0.3 is 0 Å². The standard InChI is InChI=1S/C16H22N4O5S2/c1-10-12(14(17)22)8-16(25-10)3-5-20(6-4-16)13(21)7-11-9-26-15(18-11)19-27(2,23)24/h9H,3-8H2,1-2H3,(H2,17,22)(H,18,19). The van der Waals surface area contributed by atoms with Crippen molar-refractivity contribution in [2.24, 2.45) is 5.73 Å². The first kappa shape index (κ1) is 19.6. The fourth-order valence-corrected chi connectivity index (χ4v) is 5.00. The number of aromatic nitrogens is 1. The van der Waals surface area contributed by atoms with E-state index in [2.05, 4.69) is 9.71 Å². The Labute approximate surface area is 161 Å². The third-order valence-corrected chi connectivity index (χ3v) is 6.28. The molecule has 1 saturated heterocycles. The summed E-state index contributed by atoms with van der Waals surface area (Å²) in [5, 5.41) is 1.92. The molecule has 2 aliphatic rings. The Balaban J connectivity index is 1.55. The maximum Gasteiger partial charge on any atom is 0.248 e. The van der Waals surface area contributed by atoms with E-state index in [1.807, 2.05) is 0 Å². The summed E-state index contributed by atoms with van der Waals surface area (Å²) >= 11 is 1.14. The van der Waals surface area contributed by atoms with Gasteiger partial charge in [0.25, 0.3) is 0 Å². The minimum absolute atomic E-state index is 0.0705. The predicted octanol–water partition coefficient (Wildman–Crippen LogP) is 0.598. The number of anilines is 1. The van der Waals surface area contributed by atoms with Gasteiger partial charge in [-0.05, 0) is 6.92 Å². The molecule has 3 heterocycles. The van der Waals surface area contributed by atoms with Crippen LogP contribution >= 0.6 is 11.3 Å².